The van der Waals surface area contributed by atoms with Gasteiger partial charge in [-0.05, 0) is 42.3 Å². The van der Waals surface area contributed by atoms with E-state index in [0.717, 1.165) is 21.8 Å². The van der Waals surface area contributed by atoms with E-state index >= 15 is 0 Å². The lowest BCUT2D eigenvalue weighted by Crippen LogP contribution is -2.23. The second kappa shape index (κ2) is 6.48. The van der Waals surface area contributed by atoms with Crippen molar-refractivity contribution in [1.29, 1.82) is 0 Å². The number of amides is 1. The van der Waals surface area contributed by atoms with Crippen LogP contribution < -0.4 is 10.1 Å². The van der Waals surface area contributed by atoms with Gasteiger partial charge in [0.1, 0.15) is 5.75 Å². The molecule has 3 nitrogen and oxygen atoms in total. The van der Waals surface area contributed by atoms with Crippen molar-refractivity contribution in [1.82, 2.24) is 5.32 Å². The zero-order valence-electron chi connectivity index (χ0n) is 11.5. The van der Waals surface area contributed by atoms with Gasteiger partial charge in [0.2, 0.25) is 0 Å². The molecule has 1 amide bonds. The number of benzene rings is 2. The number of hydrogen-bond donors (Lipinski definition) is 2. The van der Waals surface area contributed by atoms with Gasteiger partial charge in [-0.3, -0.25) is 4.79 Å². The molecule has 104 valence electrons. The zero-order chi connectivity index (χ0) is 14.5. The Hall–Kier alpha value is -1.94. The van der Waals surface area contributed by atoms with Crippen LogP contribution in [0, 0.1) is 6.92 Å². The molecule has 0 heterocycles. The highest BCUT2D eigenvalue weighted by molar-refractivity contribution is 7.80. The molecule has 0 radical (unpaired) electrons. The molecule has 0 atom stereocenters. The number of carbonyl (C=O) groups excluding carboxylic acids is 1. The van der Waals surface area contributed by atoms with Gasteiger partial charge in [-0.2, -0.15) is 0 Å². The summed E-state index contributed by atoms with van der Waals surface area (Å²) in [6.07, 6.45) is 0. The van der Waals surface area contributed by atoms with E-state index < -0.39 is 0 Å². The van der Waals surface area contributed by atoms with Gasteiger partial charge in [-0.25, -0.2) is 0 Å². The number of thiol groups is 1. The molecule has 0 aliphatic carbocycles. The van der Waals surface area contributed by atoms with Crippen LogP contribution in [0.4, 0.5) is 0 Å². The Labute approximate surface area is 124 Å². The molecule has 0 fully saturated rings. The Balaban J connectivity index is 2.02. The van der Waals surface area contributed by atoms with Crippen molar-refractivity contribution in [2.45, 2.75) is 18.4 Å². The standard InChI is InChI=1S/C16H17NO2S/c1-11-3-8-14(20)9-15(11)16(18)17-10-12-4-6-13(19-2)7-5-12/h3-9,20H,10H2,1-2H3,(H,17,18). The van der Waals surface area contributed by atoms with Crippen LogP contribution in [0.1, 0.15) is 21.5 Å². The van der Waals surface area contributed by atoms with Crippen LogP contribution in [-0.2, 0) is 6.54 Å². The Morgan fingerprint density at radius 1 is 1.20 bits per heavy atom. The summed E-state index contributed by atoms with van der Waals surface area (Å²) in [7, 11) is 1.63. The first kappa shape index (κ1) is 14.5. The van der Waals surface area contributed by atoms with E-state index in [4.69, 9.17) is 4.74 Å². The van der Waals surface area contributed by atoms with Crippen molar-refractivity contribution in [3.8, 4) is 5.75 Å². The third kappa shape index (κ3) is 3.54. The molecule has 0 saturated carbocycles. The summed E-state index contributed by atoms with van der Waals surface area (Å²) in [5.41, 5.74) is 2.62. The van der Waals surface area contributed by atoms with E-state index in [2.05, 4.69) is 17.9 Å². The third-order valence-corrected chi connectivity index (χ3v) is 3.36. The summed E-state index contributed by atoms with van der Waals surface area (Å²) < 4.78 is 5.10. The summed E-state index contributed by atoms with van der Waals surface area (Å²) in [4.78, 5) is 12.9. The molecule has 20 heavy (non-hydrogen) atoms. The van der Waals surface area contributed by atoms with Gasteiger partial charge in [0, 0.05) is 17.0 Å². The van der Waals surface area contributed by atoms with Crippen LogP contribution in [0.2, 0.25) is 0 Å². The molecule has 2 aromatic carbocycles. The third-order valence-electron chi connectivity index (χ3n) is 3.08. The average molecular weight is 287 g/mol. The molecular weight excluding hydrogens is 270 g/mol. The summed E-state index contributed by atoms with van der Waals surface area (Å²) >= 11 is 4.26. The normalized spacial score (nSPS) is 10.2. The van der Waals surface area contributed by atoms with Gasteiger partial charge < -0.3 is 10.1 Å². The summed E-state index contributed by atoms with van der Waals surface area (Å²) in [5, 5.41) is 2.91. The molecule has 1 N–H and O–H groups in total. The first-order chi connectivity index (χ1) is 9.60. The number of hydrogen-bond acceptors (Lipinski definition) is 3. The maximum Gasteiger partial charge on any atom is 0.251 e. The maximum atomic E-state index is 12.1. The number of ether oxygens (including phenoxy) is 1. The van der Waals surface area contributed by atoms with Crippen molar-refractivity contribution in [3.05, 3.63) is 59.2 Å². The van der Waals surface area contributed by atoms with Crippen molar-refractivity contribution >= 4 is 18.5 Å². The van der Waals surface area contributed by atoms with Crippen LogP contribution in [-0.4, -0.2) is 13.0 Å². The molecule has 0 unspecified atom stereocenters. The van der Waals surface area contributed by atoms with E-state index in [-0.39, 0.29) is 5.91 Å². The molecular formula is C16H17NO2S. The number of nitrogens with one attached hydrogen (secondary N) is 1. The molecule has 0 aliphatic heterocycles. The predicted octanol–water partition coefficient (Wildman–Crippen LogP) is 3.22. The topological polar surface area (TPSA) is 38.3 Å². The number of rotatable bonds is 4. The molecule has 0 saturated heterocycles. The lowest BCUT2D eigenvalue weighted by molar-refractivity contribution is 0.0950. The smallest absolute Gasteiger partial charge is 0.251 e. The largest absolute Gasteiger partial charge is 0.497 e. The van der Waals surface area contributed by atoms with Gasteiger partial charge in [0.25, 0.3) is 5.91 Å². The minimum atomic E-state index is -0.0887. The van der Waals surface area contributed by atoms with Gasteiger partial charge in [-0.1, -0.05) is 18.2 Å². The molecule has 2 aromatic rings. The van der Waals surface area contributed by atoms with Crippen LogP contribution in [0.15, 0.2) is 47.4 Å². The highest BCUT2D eigenvalue weighted by Gasteiger charge is 2.08. The molecule has 4 heteroatoms. The van der Waals surface area contributed by atoms with Crippen molar-refractivity contribution < 1.29 is 9.53 Å². The quantitative estimate of drug-likeness (QED) is 0.847. The number of carbonyl (C=O) groups is 1. The van der Waals surface area contributed by atoms with Crippen LogP contribution >= 0.6 is 12.6 Å². The van der Waals surface area contributed by atoms with Gasteiger partial charge in [0.15, 0.2) is 0 Å². The lowest BCUT2D eigenvalue weighted by atomic mass is 10.1. The predicted molar refractivity (Wildman–Crippen MR) is 82.6 cm³/mol. The molecule has 0 aliphatic rings. The first-order valence-electron chi connectivity index (χ1n) is 6.31. The fraction of sp³-hybridized carbons (Fsp3) is 0.188. The van der Waals surface area contributed by atoms with E-state index in [1.165, 1.54) is 0 Å². The molecule has 0 spiro atoms. The monoisotopic (exact) mass is 287 g/mol. The SMILES string of the molecule is COc1ccc(CNC(=O)c2cc(S)ccc2C)cc1. The van der Waals surface area contributed by atoms with E-state index in [1.807, 2.05) is 43.3 Å². The summed E-state index contributed by atoms with van der Waals surface area (Å²) in [6, 6.07) is 13.2. The Bertz CT molecular complexity index is 608. The van der Waals surface area contributed by atoms with E-state index in [9.17, 15) is 4.79 Å². The average Bonchev–Trinajstić information content (AvgIpc) is 2.47. The number of aryl methyl sites for hydroxylation is 1. The van der Waals surface area contributed by atoms with Crippen molar-refractivity contribution in [2.75, 3.05) is 7.11 Å². The second-order valence-corrected chi connectivity index (χ2v) is 5.05. The summed E-state index contributed by atoms with van der Waals surface area (Å²) in [5.74, 6) is 0.716. The molecule has 2 rings (SSSR count). The van der Waals surface area contributed by atoms with Gasteiger partial charge in [0.05, 0.1) is 7.11 Å². The Morgan fingerprint density at radius 3 is 2.55 bits per heavy atom. The Kier molecular flexibility index (Phi) is 4.69. The maximum absolute atomic E-state index is 12.1. The van der Waals surface area contributed by atoms with E-state index in [0.29, 0.717) is 12.1 Å². The highest BCUT2D eigenvalue weighted by atomic mass is 32.1. The minimum absolute atomic E-state index is 0.0887. The highest BCUT2D eigenvalue weighted by Crippen LogP contribution is 2.15. The van der Waals surface area contributed by atoms with Crippen molar-refractivity contribution in [2.24, 2.45) is 0 Å². The molecule has 0 bridgehead atoms. The second-order valence-electron chi connectivity index (χ2n) is 4.53. The van der Waals surface area contributed by atoms with E-state index in [1.54, 1.807) is 13.2 Å². The zero-order valence-corrected chi connectivity index (χ0v) is 12.4. The fourth-order valence-electron chi connectivity index (χ4n) is 1.88. The molecule has 0 aromatic heterocycles. The Morgan fingerprint density at radius 2 is 1.90 bits per heavy atom. The van der Waals surface area contributed by atoms with Crippen LogP contribution in [0.25, 0.3) is 0 Å². The van der Waals surface area contributed by atoms with Crippen molar-refractivity contribution in [3.63, 3.8) is 0 Å². The summed E-state index contributed by atoms with van der Waals surface area (Å²) in [6.45, 7) is 2.40. The first-order valence-corrected chi connectivity index (χ1v) is 6.75. The van der Waals surface area contributed by atoms with Crippen LogP contribution in [0.3, 0.4) is 0 Å². The minimum Gasteiger partial charge on any atom is -0.497 e. The lowest BCUT2D eigenvalue weighted by Gasteiger charge is -2.09. The number of methoxy groups -OCH3 is 1. The fourth-order valence-corrected chi connectivity index (χ4v) is 2.08. The van der Waals surface area contributed by atoms with Crippen LogP contribution in [0.5, 0.6) is 5.75 Å². The van der Waals surface area contributed by atoms with Gasteiger partial charge >= 0.3 is 0 Å². The van der Waals surface area contributed by atoms with Gasteiger partial charge in [-0.15, -0.1) is 12.6 Å².